The van der Waals surface area contributed by atoms with Crippen LogP contribution in [-0.4, -0.2) is 11.6 Å². The van der Waals surface area contributed by atoms with Gasteiger partial charge >= 0.3 is 0 Å². The van der Waals surface area contributed by atoms with Crippen molar-refractivity contribution in [3.8, 4) is 0 Å². The van der Waals surface area contributed by atoms with Gasteiger partial charge in [-0.25, -0.2) is 0 Å². The molecule has 0 unspecified atom stereocenters. The Balaban J connectivity index is 1.59. The van der Waals surface area contributed by atoms with E-state index in [-0.39, 0.29) is 11.6 Å². The zero-order valence-electron chi connectivity index (χ0n) is 16.9. The van der Waals surface area contributed by atoms with Crippen molar-refractivity contribution < 1.29 is 9.59 Å². The van der Waals surface area contributed by atoms with Crippen LogP contribution in [0.2, 0.25) is 0 Å². The van der Waals surface area contributed by atoms with E-state index < -0.39 is 0 Å². The highest BCUT2D eigenvalue weighted by Crippen LogP contribution is 2.24. The van der Waals surface area contributed by atoms with E-state index in [0.717, 1.165) is 22.5 Å². The summed E-state index contributed by atoms with van der Waals surface area (Å²) in [5, 5.41) is 16.9. The van der Waals surface area contributed by atoms with Gasteiger partial charge in [0.25, 0.3) is 0 Å². The lowest BCUT2D eigenvalue weighted by Crippen LogP contribution is -1.94. The van der Waals surface area contributed by atoms with Gasteiger partial charge in [0.1, 0.15) is 11.6 Å². The average molecular weight is 398 g/mol. The number of ketones is 2. The molecule has 0 spiro atoms. The standard InChI is InChI=1S/C24H22N4O2/c1-17(29)15-19-3-7-21(8-4-19)25-27-23-11-13-24(14-12-23)28-26-22-9-5-20(6-10-22)16-18(2)30/h3-14H,15-16H2,1-2H3. The quantitative estimate of drug-likeness (QED) is 0.392. The highest BCUT2D eigenvalue weighted by Gasteiger charge is 1.99. The lowest BCUT2D eigenvalue weighted by atomic mass is 10.1. The largest absolute Gasteiger partial charge is 0.300 e. The molecule has 0 radical (unpaired) electrons. The van der Waals surface area contributed by atoms with E-state index in [4.69, 9.17) is 0 Å². The van der Waals surface area contributed by atoms with Crippen LogP contribution in [0, 0.1) is 0 Å². The number of carbonyl (C=O) groups is 2. The number of nitrogens with zero attached hydrogens (tertiary/aromatic N) is 4. The molecule has 3 aromatic carbocycles. The average Bonchev–Trinajstić information content (AvgIpc) is 2.73. The number of Topliss-reactive ketones (excluding diaryl/α,β-unsaturated/α-hetero) is 2. The number of hydrogen-bond acceptors (Lipinski definition) is 6. The summed E-state index contributed by atoms with van der Waals surface area (Å²) in [4.78, 5) is 22.3. The zero-order valence-corrected chi connectivity index (χ0v) is 16.9. The monoisotopic (exact) mass is 398 g/mol. The van der Waals surface area contributed by atoms with Crippen molar-refractivity contribution in [1.29, 1.82) is 0 Å². The van der Waals surface area contributed by atoms with Gasteiger partial charge < -0.3 is 0 Å². The molecule has 150 valence electrons. The van der Waals surface area contributed by atoms with Crippen LogP contribution in [0.4, 0.5) is 22.7 Å². The molecule has 0 aromatic heterocycles. The molecule has 0 saturated heterocycles. The third kappa shape index (κ3) is 6.67. The van der Waals surface area contributed by atoms with Crippen molar-refractivity contribution in [2.24, 2.45) is 20.5 Å². The topological polar surface area (TPSA) is 83.6 Å². The zero-order chi connectivity index (χ0) is 21.3. The summed E-state index contributed by atoms with van der Waals surface area (Å²) in [6, 6.07) is 22.2. The maximum absolute atomic E-state index is 11.1. The second-order valence-corrected chi connectivity index (χ2v) is 7.01. The highest BCUT2D eigenvalue weighted by atomic mass is 16.1. The summed E-state index contributed by atoms with van der Waals surface area (Å²) in [5.41, 5.74) is 4.78. The van der Waals surface area contributed by atoms with Crippen molar-refractivity contribution in [1.82, 2.24) is 0 Å². The molecule has 0 bridgehead atoms. The normalized spacial score (nSPS) is 11.3. The smallest absolute Gasteiger partial charge is 0.134 e. The SMILES string of the molecule is CC(=O)Cc1ccc(N=Nc2ccc(N=Nc3ccc(CC(C)=O)cc3)cc2)cc1. The van der Waals surface area contributed by atoms with Crippen LogP contribution in [0.3, 0.4) is 0 Å². The second kappa shape index (κ2) is 10.1. The van der Waals surface area contributed by atoms with Gasteiger partial charge in [-0.2, -0.15) is 20.5 Å². The third-order valence-corrected chi connectivity index (χ3v) is 4.19. The molecule has 0 atom stereocenters. The minimum atomic E-state index is 0.131. The fraction of sp³-hybridized carbons (Fsp3) is 0.167. The van der Waals surface area contributed by atoms with Crippen molar-refractivity contribution in [3.05, 3.63) is 83.9 Å². The van der Waals surface area contributed by atoms with E-state index in [1.165, 1.54) is 0 Å². The first kappa shape index (κ1) is 20.9. The Morgan fingerprint density at radius 3 is 0.967 bits per heavy atom. The lowest BCUT2D eigenvalue weighted by Gasteiger charge is -1.99. The molecular weight excluding hydrogens is 376 g/mol. The molecule has 0 aliphatic heterocycles. The minimum Gasteiger partial charge on any atom is -0.300 e. The summed E-state index contributed by atoms with van der Waals surface area (Å²) in [6.07, 6.45) is 0.853. The Kier molecular flexibility index (Phi) is 7.05. The van der Waals surface area contributed by atoms with Gasteiger partial charge in [-0.1, -0.05) is 24.3 Å². The summed E-state index contributed by atoms with van der Waals surface area (Å²) in [6.45, 7) is 3.15. The van der Waals surface area contributed by atoms with Crippen LogP contribution >= 0.6 is 0 Å². The molecule has 0 aliphatic rings. The molecule has 0 heterocycles. The van der Waals surface area contributed by atoms with Gasteiger partial charge in [0.2, 0.25) is 0 Å². The van der Waals surface area contributed by atoms with E-state index >= 15 is 0 Å². The summed E-state index contributed by atoms with van der Waals surface area (Å²) < 4.78 is 0. The van der Waals surface area contributed by atoms with Crippen molar-refractivity contribution >= 4 is 34.3 Å². The Hall–Kier alpha value is -3.80. The molecule has 3 aromatic rings. The third-order valence-electron chi connectivity index (χ3n) is 4.19. The van der Waals surface area contributed by atoms with E-state index in [1.54, 1.807) is 13.8 Å². The van der Waals surface area contributed by atoms with E-state index in [9.17, 15) is 9.59 Å². The maximum atomic E-state index is 11.1. The van der Waals surface area contributed by atoms with Crippen molar-refractivity contribution in [2.75, 3.05) is 0 Å². The summed E-state index contributed by atoms with van der Waals surface area (Å²) >= 11 is 0. The first-order valence-electron chi connectivity index (χ1n) is 9.58. The molecule has 3 rings (SSSR count). The lowest BCUT2D eigenvalue weighted by molar-refractivity contribution is -0.117. The molecule has 6 heteroatoms. The van der Waals surface area contributed by atoms with Gasteiger partial charge in [-0.3, -0.25) is 9.59 Å². The van der Waals surface area contributed by atoms with E-state index in [1.807, 2.05) is 72.8 Å². The molecule has 30 heavy (non-hydrogen) atoms. The fourth-order valence-electron chi connectivity index (χ4n) is 2.75. The Labute approximate surface area is 175 Å². The number of rotatable bonds is 8. The van der Waals surface area contributed by atoms with Crippen LogP contribution < -0.4 is 0 Å². The fourth-order valence-corrected chi connectivity index (χ4v) is 2.75. The molecule has 0 saturated carbocycles. The number of benzene rings is 3. The summed E-state index contributed by atoms with van der Waals surface area (Å²) in [5.74, 6) is 0.262. The van der Waals surface area contributed by atoms with Crippen molar-refractivity contribution in [2.45, 2.75) is 26.7 Å². The first-order chi connectivity index (χ1) is 14.5. The molecule has 0 fully saturated rings. The Bertz CT molecular complexity index is 979. The Morgan fingerprint density at radius 1 is 0.500 bits per heavy atom. The van der Waals surface area contributed by atoms with E-state index in [0.29, 0.717) is 24.2 Å². The van der Waals surface area contributed by atoms with Crippen LogP contribution in [0.15, 0.2) is 93.3 Å². The molecule has 0 N–H and O–H groups in total. The highest BCUT2D eigenvalue weighted by molar-refractivity contribution is 5.78. The molecular formula is C24H22N4O2. The summed E-state index contributed by atoms with van der Waals surface area (Å²) in [7, 11) is 0. The maximum Gasteiger partial charge on any atom is 0.134 e. The van der Waals surface area contributed by atoms with E-state index in [2.05, 4.69) is 20.5 Å². The van der Waals surface area contributed by atoms with Crippen LogP contribution in [0.5, 0.6) is 0 Å². The van der Waals surface area contributed by atoms with Crippen LogP contribution in [-0.2, 0) is 22.4 Å². The Morgan fingerprint density at radius 2 is 0.733 bits per heavy atom. The predicted molar refractivity (Wildman–Crippen MR) is 116 cm³/mol. The number of carbonyl (C=O) groups excluding carboxylic acids is 2. The predicted octanol–water partition coefficient (Wildman–Crippen LogP) is 6.78. The second-order valence-electron chi connectivity index (χ2n) is 7.01. The number of azo groups is 2. The first-order valence-corrected chi connectivity index (χ1v) is 9.58. The van der Waals surface area contributed by atoms with Crippen molar-refractivity contribution in [3.63, 3.8) is 0 Å². The number of hydrogen-bond donors (Lipinski definition) is 0. The van der Waals surface area contributed by atoms with Gasteiger partial charge in [-0.05, 0) is 73.5 Å². The van der Waals surface area contributed by atoms with Crippen LogP contribution in [0.1, 0.15) is 25.0 Å². The molecule has 6 nitrogen and oxygen atoms in total. The van der Waals surface area contributed by atoms with Gasteiger partial charge in [-0.15, -0.1) is 0 Å². The molecule has 0 aliphatic carbocycles. The van der Waals surface area contributed by atoms with Crippen LogP contribution in [0.25, 0.3) is 0 Å². The minimum absolute atomic E-state index is 0.131. The van der Waals surface area contributed by atoms with Gasteiger partial charge in [0, 0.05) is 12.8 Å². The molecule has 0 amide bonds. The van der Waals surface area contributed by atoms with Gasteiger partial charge in [0.05, 0.1) is 22.7 Å². The van der Waals surface area contributed by atoms with Gasteiger partial charge in [0.15, 0.2) is 0 Å².